The lowest BCUT2D eigenvalue weighted by molar-refractivity contribution is 0.493. The van der Waals surface area contributed by atoms with E-state index in [1.54, 1.807) is 11.3 Å². The van der Waals surface area contributed by atoms with Crippen LogP contribution in [0.25, 0.3) is 0 Å². The molecule has 0 amide bonds. The summed E-state index contributed by atoms with van der Waals surface area (Å²) >= 11 is 1.77. The Morgan fingerprint density at radius 1 is 1.38 bits per heavy atom. The van der Waals surface area contributed by atoms with E-state index in [1.165, 1.54) is 24.3 Å². The SMILES string of the molecule is CCNC(=NCCCCc1nc(C)cs1)N1CCCC1.I. The number of aliphatic imine (C=N–C) groups is 1. The van der Waals surface area contributed by atoms with E-state index in [1.807, 2.05) is 0 Å². The van der Waals surface area contributed by atoms with Gasteiger partial charge in [0.25, 0.3) is 0 Å². The van der Waals surface area contributed by atoms with Crippen molar-refractivity contribution in [3.05, 3.63) is 16.1 Å². The molecule has 0 radical (unpaired) electrons. The molecule has 4 nitrogen and oxygen atoms in total. The summed E-state index contributed by atoms with van der Waals surface area (Å²) in [4.78, 5) is 11.6. The van der Waals surface area contributed by atoms with E-state index in [2.05, 4.69) is 34.4 Å². The van der Waals surface area contributed by atoms with Gasteiger partial charge < -0.3 is 10.2 Å². The molecule has 0 bridgehead atoms. The number of guanidine groups is 1. The fraction of sp³-hybridized carbons (Fsp3) is 0.733. The summed E-state index contributed by atoms with van der Waals surface area (Å²) in [6.45, 7) is 8.38. The maximum absolute atomic E-state index is 4.75. The van der Waals surface area contributed by atoms with Gasteiger partial charge in [-0.2, -0.15) is 0 Å². The number of aromatic nitrogens is 1. The smallest absolute Gasteiger partial charge is 0.193 e. The molecule has 0 aliphatic carbocycles. The number of unbranched alkanes of at least 4 members (excludes halogenated alkanes) is 1. The second-order valence-corrected chi connectivity index (χ2v) is 6.21. The van der Waals surface area contributed by atoms with Crippen LogP contribution in [0.2, 0.25) is 0 Å². The van der Waals surface area contributed by atoms with Crippen molar-refractivity contribution < 1.29 is 0 Å². The van der Waals surface area contributed by atoms with Crippen LogP contribution >= 0.6 is 35.3 Å². The molecule has 0 atom stereocenters. The molecule has 0 spiro atoms. The Kier molecular flexibility index (Phi) is 9.23. The first-order chi connectivity index (χ1) is 9.79. The predicted octanol–water partition coefficient (Wildman–Crippen LogP) is 3.45. The summed E-state index contributed by atoms with van der Waals surface area (Å²) in [5.41, 5.74) is 1.14. The fourth-order valence-electron chi connectivity index (χ4n) is 2.45. The number of nitrogens with zero attached hydrogens (tertiary/aromatic N) is 3. The van der Waals surface area contributed by atoms with Gasteiger partial charge in [-0.05, 0) is 46.0 Å². The molecule has 0 saturated carbocycles. The normalized spacial score (nSPS) is 15.1. The van der Waals surface area contributed by atoms with Crippen LogP contribution in [0, 0.1) is 6.92 Å². The molecule has 1 aromatic heterocycles. The summed E-state index contributed by atoms with van der Waals surface area (Å²) in [6.07, 6.45) is 6.01. The van der Waals surface area contributed by atoms with Crippen LogP contribution in [-0.2, 0) is 6.42 Å². The molecule has 1 saturated heterocycles. The van der Waals surface area contributed by atoms with Crippen molar-refractivity contribution >= 4 is 41.3 Å². The first-order valence-corrected chi connectivity index (χ1v) is 8.62. The Bertz CT molecular complexity index is 427. The highest BCUT2D eigenvalue weighted by atomic mass is 127. The minimum absolute atomic E-state index is 0. The molecule has 0 unspecified atom stereocenters. The van der Waals surface area contributed by atoms with Crippen molar-refractivity contribution in [2.75, 3.05) is 26.2 Å². The van der Waals surface area contributed by atoms with Crippen LogP contribution in [0.15, 0.2) is 10.4 Å². The number of likely N-dealkylation sites (tertiary alicyclic amines) is 1. The second kappa shape index (κ2) is 10.4. The predicted molar refractivity (Wildman–Crippen MR) is 102 cm³/mol. The summed E-state index contributed by atoms with van der Waals surface area (Å²) in [6, 6.07) is 0. The van der Waals surface area contributed by atoms with Gasteiger partial charge >= 0.3 is 0 Å². The highest BCUT2D eigenvalue weighted by molar-refractivity contribution is 14.0. The molecular formula is C15H27IN4S. The highest BCUT2D eigenvalue weighted by Crippen LogP contribution is 2.12. The van der Waals surface area contributed by atoms with Crippen molar-refractivity contribution in [3.8, 4) is 0 Å². The van der Waals surface area contributed by atoms with Gasteiger partial charge in [-0.3, -0.25) is 4.99 Å². The van der Waals surface area contributed by atoms with E-state index in [0.717, 1.165) is 50.7 Å². The Labute approximate surface area is 149 Å². The molecule has 1 N–H and O–H groups in total. The molecule has 1 aliphatic heterocycles. The zero-order valence-electron chi connectivity index (χ0n) is 13.1. The third-order valence-electron chi connectivity index (χ3n) is 3.47. The van der Waals surface area contributed by atoms with E-state index in [9.17, 15) is 0 Å². The molecule has 1 fully saturated rings. The van der Waals surface area contributed by atoms with E-state index in [-0.39, 0.29) is 24.0 Å². The molecule has 120 valence electrons. The zero-order valence-corrected chi connectivity index (χ0v) is 16.2. The van der Waals surface area contributed by atoms with Gasteiger partial charge in [0.2, 0.25) is 0 Å². The lowest BCUT2D eigenvalue weighted by Crippen LogP contribution is -2.39. The number of hydrogen-bond donors (Lipinski definition) is 1. The van der Waals surface area contributed by atoms with Crippen LogP contribution in [-0.4, -0.2) is 42.0 Å². The topological polar surface area (TPSA) is 40.5 Å². The largest absolute Gasteiger partial charge is 0.357 e. The Hall–Kier alpha value is -0.370. The minimum Gasteiger partial charge on any atom is -0.357 e. The monoisotopic (exact) mass is 422 g/mol. The van der Waals surface area contributed by atoms with E-state index < -0.39 is 0 Å². The van der Waals surface area contributed by atoms with Crippen LogP contribution in [0.1, 0.15) is 43.3 Å². The van der Waals surface area contributed by atoms with E-state index in [0.29, 0.717) is 0 Å². The summed E-state index contributed by atoms with van der Waals surface area (Å²) in [5, 5.41) is 6.79. The van der Waals surface area contributed by atoms with Crippen molar-refractivity contribution in [1.29, 1.82) is 0 Å². The van der Waals surface area contributed by atoms with Crippen LogP contribution in [0.4, 0.5) is 0 Å². The molecular weight excluding hydrogens is 395 g/mol. The van der Waals surface area contributed by atoms with E-state index in [4.69, 9.17) is 4.99 Å². The van der Waals surface area contributed by atoms with Crippen molar-refractivity contribution in [2.45, 2.75) is 46.0 Å². The standard InChI is InChI=1S/C15H26N4S.HI/c1-3-16-15(19-10-6-7-11-19)17-9-5-4-8-14-18-13(2)12-20-14;/h12H,3-11H2,1-2H3,(H,16,17);1H. The number of rotatable bonds is 6. The van der Waals surface area contributed by atoms with Crippen LogP contribution < -0.4 is 5.32 Å². The lowest BCUT2D eigenvalue weighted by atomic mass is 10.2. The second-order valence-electron chi connectivity index (χ2n) is 5.27. The fourth-order valence-corrected chi connectivity index (χ4v) is 3.26. The van der Waals surface area contributed by atoms with Gasteiger partial charge in [-0.15, -0.1) is 35.3 Å². The molecule has 1 aliphatic rings. The molecule has 6 heteroatoms. The Morgan fingerprint density at radius 3 is 2.76 bits per heavy atom. The maximum Gasteiger partial charge on any atom is 0.193 e. The average Bonchev–Trinajstić information content (AvgIpc) is 3.09. The van der Waals surface area contributed by atoms with Crippen LogP contribution in [0.5, 0.6) is 0 Å². The quantitative estimate of drug-likeness (QED) is 0.331. The Balaban J connectivity index is 0.00000220. The first kappa shape index (κ1) is 18.7. The van der Waals surface area contributed by atoms with Gasteiger partial charge in [0.05, 0.1) is 5.01 Å². The lowest BCUT2D eigenvalue weighted by Gasteiger charge is -2.20. The van der Waals surface area contributed by atoms with Crippen molar-refractivity contribution in [2.24, 2.45) is 4.99 Å². The number of nitrogens with one attached hydrogen (secondary N) is 1. The first-order valence-electron chi connectivity index (χ1n) is 7.74. The zero-order chi connectivity index (χ0) is 14.2. The number of aryl methyl sites for hydroxylation is 2. The van der Waals surface area contributed by atoms with Gasteiger partial charge in [0.1, 0.15) is 0 Å². The third-order valence-corrected chi connectivity index (χ3v) is 4.49. The third kappa shape index (κ3) is 6.50. The minimum atomic E-state index is 0. The van der Waals surface area contributed by atoms with Crippen molar-refractivity contribution in [3.63, 3.8) is 0 Å². The van der Waals surface area contributed by atoms with Gasteiger partial charge in [-0.1, -0.05) is 0 Å². The van der Waals surface area contributed by atoms with Gasteiger partial charge in [0.15, 0.2) is 5.96 Å². The highest BCUT2D eigenvalue weighted by Gasteiger charge is 2.14. The maximum atomic E-state index is 4.75. The van der Waals surface area contributed by atoms with Gasteiger partial charge in [0, 0.05) is 37.3 Å². The average molecular weight is 422 g/mol. The summed E-state index contributed by atoms with van der Waals surface area (Å²) in [5.74, 6) is 1.11. The molecule has 2 heterocycles. The molecule has 21 heavy (non-hydrogen) atoms. The number of halogens is 1. The number of hydrogen-bond acceptors (Lipinski definition) is 3. The Morgan fingerprint density at radius 2 is 2.14 bits per heavy atom. The molecule has 1 aromatic rings. The van der Waals surface area contributed by atoms with E-state index >= 15 is 0 Å². The van der Waals surface area contributed by atoms with Crippen molar-refractivity contribution in [1.82, 2.24) is 15.2 Å². The van der Waals surface area contributed by atoms with Crippen LogP contribution in [0.3, 0.4) is 0 Å². The summed E-state index contributed by atoms with van der Waals surface area (Å²) < 4.78 is 0. The van der Waals surface area contributed by atoms with Gasteiger partial charge in [-0.25, -0.2) is 4.98 Å². The molecule has 0 aromatic carbocycles. The molecule has 2 rings (SSSR count). The summed E-state index contributed by atoms with van der Waals surface area (Å²) in [7, 11) is 0. The number of thiazole rings is 1.